The van der Waals surface area contributed by atoms with E-state index >= 15 is 0 Å². The van der Waals surface area contributed by atoms with Crippen LogP contribution in [0.15, 0.2) is 35.7 Å². The van der Waals surface area contributed by atoms with Crippen molar-refractivity contribution in [1.29, 1.82) is 0 Å². The summed E-state index contributed by atoms with van der Waals surface area (Å²) in [6.07, 6.45) is 2.08. The van der Waals surface area contributed by atoms with Crippen LogP contribution >= 0.6 is 33.9 Å². The number of hydrogen-bond acceptors (Lipinski definition) is 2. The van der Waals surface area contributed by atoms with E-state index in [-0.39, 0.29) is 11.9 Å². The predicted molar refractivity (Wildman–Crippen MR) is 83.6 cm³/mol. The normalized spacial score (nSPS) is 12.6. The SMILES string of the molecule is CNC(CCc1cccs1)c1ccc(F)cc1I. The van der Waals surface area contributed by atoms with E-state index in [0.29, 0.717) is 0 Å². The highest BCUT2D eigenvalue weighted by Gasteiger charge is 2.13. The fraction of sp³-hybridized carbons (Fsp3) is 0.286. The first-order chi connectivity index (χ1) is 8.70. The van der Waals surface area contributed by atoms with Crippen LogP contribution in [0.3, 0.4) is 0 Å². The van der Waals surface area contributed by atoms with Crippen molar-refractivity contribution in [3.63, 3.8) is 0 Å². The predicted octanol–water partition coefficient (Wildman–Crippen LogP) is 4.39. The molecule has 0 radical (unpaired) electrons. The van der Waals surface area contributed by atoms with Crippen molar-refractivity contribution in [2.75, 3.05) is 7.05 Å². The van der Waals surface area contributed by atoms with Crippen LogP contribution in [-0.2, 0) is 6.42 Å². The van der Waals surface area contributed by atoms with E-state index < -0.39 is 0 Å². The minimum absolute atomic E-state index is 0.170. The van der Waals surface area contributed by atoms with Gasteiger partial charge in [-0.15, -0.1) is 11.3 Å². The number of rotatable bonds is 5. The number of hydrogen-bond donors (Lipinski definition) is 1. The average molecular weight is 375 g/mol. The second kappa shape index (κ2) is 6.63. The molecular formula is C14H15FINS. The molecule has 1 atom stereocenters. The van der Waals surface area contributed by atoms with E-state index in [1.54, 1.807) is 17.4 Å². The van der Waals surface area contributed by atoms with Crippen molar-refractivity contribution in [3.8, 4) is 0 Å². The summed E-state index contributed by atoms with van der Waals surface area (Å²) in [5.41, 5.74) is 1.18. The molecule has 1 N–H and O–H groups in total. The number of halogens is 2. The minimum Gasteiger partial charge on any atom is -0.313 e. The highest BCUT2D eigenvalue weighted by atomic mass is 127. The van der Waals surface area contributed by atoms with Gasteiger partial charge in [0.05, 0.1) is 0 Å². The van der Waals surface area contributed by atoms with Crippen LogP contribution in [0.25, 0.3) is 0 Å². The fourth-order valence-corrected chi connectivity index (χ4v) is 3.56. The molecule has 1 nitrogen and oxygen atoms in total. The molecule has 0 saturated carbocycles. The molecule has 1 aromatic heterocycles. The zero-order chi connectivity index (χ0) is 13.0. The maximum atomic E-state index is 13.1. The molecule has 1 aromatic carbocycles. The Morgan fingerprint density at radius 1 is 1.39 bits per heavy atom. The fourth-order valence-electron chi connectivity index (χ4n) is 1.98. The summed E-state index contributed by atoms with van der Waals surface area (Å²) in [6, 6.07) is 9.52. The van der Waals surface area contributed by atoms with Crippen LogP contribution in [0.1, 0.15) is 22.9 Å². The second-order valence-electron chi connectivity index (χ2n) is 4.13. The van der Waals surface area contributed by atoms with Crippen molar-refractivity contribution >= 4 is 33.9 Å². The molecule has 0 saturated heterocycles. The largest absolute Gasteiger partial charge is 0.313 e. The van der Waals surface area contributed by atoms with Crippen molar-refractivity contribution in [3.05, 3.63) is 55.5 Å². The molecule has 0 amide bonds. The molecule has 96 valence electrons. The maximum absolute atomic E-state index is 13.1. The van der Waals surface area contributed by atoms with Gasteiger partial charge in [-0.1, -0.05) is 12.1 Å². The Hall–Kier alpha value is -0.460. The number of thiophene rings is 1. The molecule has 2 aromatic rings. The summed E-state index contributed by atoms with van der Waals surface area (Å²) < 4.78 is 14.1. The Morgan fingerprint density at radius 3 is 2.83 bits per heavy atom. The third-order valence-electron chi connectivity index (χ3n) is 2.95. The average Bonchev–Trinajstić information content (AvgIpc) is 2.85. The Kier molecular flexibility index (Phi) is 5.14. The Morgan fingerprint density at radius 2 is 2.22 bits per heavy atom. The molecule has 0 aliphatic rings. The molecule has 0 aliphatic heterocycles. The Balaban J connectivity index is 2.08. The number of benzene rings is 1. The summed E-state index contributed by atoms with van der Waals surface area (Å²) in [7, 11) is 1.96. The van der Waals surface area contributed by atoms with Crippen LogP contribution in [0, 0.1) is 9.39 Å². The van der Waals surface area contributed by atoms with E-state index in [9.17, 15) is 4.39 Å². The highest BCUT2D eigenvalue weighted by Crippen LogP contribution is 2.25. The lowest BCUT2D eigenvalue weighted by Gasteiger charge is -2.18. The summed E-state index contributed by atoms with van der Waals surface area (Å²) in [4.78, 5) is 1.40. The van der Waals surface area contributed by atoms with Gasteiger partial charge in [0.15, 0.2) is 0 Å². The van der Waals surface area contributed by atoms with E-state index in [4.69, 9.17) is 0 Å². The van der Waals surface area contributed by atoms with Gasteiger partial charge in [-0.25, -0.2) is 4.39 Å². The summed E-state index contributed by atoms with van der Waals surface area (Å²) in [5.74, 6) is -0.170. The van der Waals surface area contributed by atoms with Crippen LogP contribution in [0.4, 0.5) is 4.39 Å². The number of nitrogens with one attached hydrogen (secondary N) is 1. The van der Waals surface area contributed by atoms with Crippen molar-refractivity contribution < 1.29 is 4.39 Å². The third kappa shape index (κ3) is 3.52. The van der Waals surface area contributed by atoms with Gasteiger partial charge in [0.25, 0.3) is 0 Å². The lowest BCUT2D eigenvalue weighted by atomic mass is 10.0. The van der Waals surface area contributed by atoms with Gasteiger partial charge in [-0.2, -0.15) is 0 Å². The quantitative estimate of drug-likeness (QED) is 0.765. The lowest BCUT2D eigenvalue weighted by molar-refractivity contribution is 0.546. The standard InChI is InChI=1S/C14H15FINS/c1-17-14(7-5-11-3-2-8-18-11)12-6-4-10(15)9-13(12)16/h2-4,6,8-9,14,17H,5,7H2,1H3. The monoisotopic (exact) mass is 375 g/mol. The van der Waals surface area contributed by atoms with E-state index in [1.165, 1.54) is 16.5 Å². The lowest BCUT2D eigenvalue weighted by Crippen LogP contribution is -2.18. The second-order valence-corrected chi connectivity index (χ2v) is 6.32. The van der Waals surface area contributed by atoms with Crippen LogP contribution in [0.2, 0.25) is 0 Å². The zero-order valence-electron chi connectivity index (χ0n) is 10.1. The molecule has 0 spiro atoms. The molecule has 18 heavy (non-hydrogen) atoms. The topological polar surface area (TPSA) is 12.0 Å². The van der Waals surface area contributed by atoms with Gasteiger partial charge in [0.2, 0.25) is 0 Å². The zero-order valence-corrected chi connectivity index (χ0v) is 13.1. The molecule has 0 aliphatic carbocycles. The first-order valence-electron chi connectivity index (χ1n) is 5.85. The van der Waals surface area contributed by atoms with Gasteiger partial charge >= 0.3 is 0 Å². The van der Waals surface area contributed by atoms with Gasteiger partial charge in [0.1, 0.15) is 5.82 Å². The molecule has 0 bridgehead atoms. The summed E-state index contributed by atoms with van der Waals surface area (Å²) in [5, 5.41) is 5.42. The molecule has 2 rings (SSSR count). The number of aryl methyl sites for hydroxylation is 1. The van der Waals surface area contributed by atoms with Gasteiger partial charge in [-0.05, 0) is 71.6 Å². The van der Waals surface area contributed by atoms with Crippen molar-refractivity contribution in [2.45, 2.75) is 18.9 Å². The highest BCUT2D eigenvalue weighted by molar-refractivity contribution is 14.1. The maximum Gasteiger partial charge on any atom is 0.124 e. The van der Waals surface area contributed by atoms with Gasteiger partial charge in [0, 0.05) is 14.5 Å². The van der Waals surface area contributed by atoms with Gasteiger partial charge < -0.3 is 5.32 Å². The van der Waals surface area contributed by atoms with E-state index in [1.807, 2.05) is 13.1 Å². The van der Waals surface area contributed by atoms with Crippen LogP contribution in [0.5, 0.6) is 0 Å². The van der Waals surface area contributed by atoms with Crippen LogP contribution in [-0.4, -0.2) is 7.05 Å². The summed E-state index contributed by atoms with van der Waals surface area (Å²) >= 11 is 3.99. The molecule has 1 heterocycles. The molecule has 4 heteroatoms. The van der Waals surface area contributed by atoms with E-state index in [0.717, 1.165) is 16.4 Å². The first-order valence-corrected chi connectivity index (χ1v) is 7.81. The Labute approximate surface area is 125 Å². The smallest absolute Gasteiger partial charge is 0.124 e. The Bertz CT molecular complexity index is 499. The molecule has 0 fully saturated rings. The van der Waals surface area contributed by atoms with Gasteiger partial charge in [-0.3, -0.25) is 0 Å². The van der Waals surface area contributed by atoms with Crippen molar-refractivity contribution in [2.24, 2.45) is 0 Å². The third-order valence-corrected chi connectivity index (χ3v) is 4.82. The summed E-state index contributed by atoms with van der Waals surface area (Å²) in [6.45, 7) is 0. The van der Waals surface area contributed by atoms with Crippen molar-refractivity contribution in [1.82, 2.24) is 5.32 Å². The van der Waals surface area contributed by atoms with E-state index in [2.05, 4.69) is 45.4 Å². The van der Waals surface area contributed by atoms with Crippen LogP contribution < -0.4 is 5.32 Å². The molecule has 1 unspecified atom stereocenters. The minimum atomic E-state index is -0.170. The molecular weight excluding hydrogens is 360 g/mol. The first kappa shape index (κ1) is 14.0.